The fourth-order valence-corrected chi connectivity index (χ4v) is 2.00. The Hall–Kier alpha value is -0.440. The van der Waals surface area contributed by atoms with E-state index in [0.29, 0.717) is 5.03 Å². The molecule has 0 atom stereocenters. The number of likely N-dealkylation sites (N-methyl/N-ethyl adjacent to an activating group) is 1. The Morgan fingerprint density at radius 3 is 2.47 bits per heavy atom. The molecule has 3 heteroatoms. The van der Waals surface area contributed by atoms with Crippen LogP contribution in [-0.4, -0.2) is 24.7 Å². The van der Waals surface area contributed by atoms with Gasteiger partial charge in [0.25, 0.3) is 0 Å². The van der Waals surface area contributed by atoms with E-state index < -0.39 is 0 Å². The summed E-state index contributed by atoms with van der Waals surface area (Å²) >= 11 is 7.51. The normalized spacial score (nSPS) is 10.7. The summed E-state index contributed by atoms with van der Waals surface area (Å²) in [5.74, 6) is 0. The molecule has 82 valence electrons. The van der Waals surface area contributed by atoms with Gasteiger partial charge >= 0.3 is 0 Å². The largest absolute Gasteiger partial charge is 0.297 e. The monoisotopic (exact) mass is 241 g/mol. The average Bonchev–Trinajstić information content (AvgIpc) is 2.17. The van der Waals surface area contributed by atoms with Crippen molar-refractivity contribution in [1.82, 2.24) is 4.90 Å². The second kappa shape index (κ2) is 6.21. The van der Waals surface area contributed by atoms with Gasteiger partial charge in [-0.05, 0) is 31.0 Å². The summed E-state index contributed by atoms with van der Waals surface area (Å²) in [6.07, 6.45) is 2.08. The van der Waals surface area contributed by atoms with Crippen LogP contribution in [-0.2, 0) is 6.54 Å². The first kappa shape index (κ1) is 12.6. The summed E-state index contributed by atoms with van der Waals surface area (Å²) < 4.78 is 0. The maximum atomic E-state index is 5.75. The van der Waals surface area contributed by atoms with Crippen molar-refractivity contribution in [1.29, 1.82) is 0 Å². The summed E-state index contributed by atoms with van der Waals surface area (Å²) in [5.41, 5.74) is 1.30. The molecule has 15 heavy (non-hydrogen) atoms. The number of hydrogen-bond acceptors (Lipinski definition) is 2. The molecule has 0 saturated heterocycles. The Kier molecular flexibility index (Phi) is 5.23. The van der Waals surface area contributed by atoms with Gasteiger partial charge in [0.05, 0.1) is 0 Å². The van der Waals surface area contributed by atoms with E-state index in [4.69, 9.17) is 11.6 Å². The Morgan fingerprint density at radius 2 is 2.00 bits per heavy atom. The molecule has 0 saturated carbocycles. The van der Waals surface area contributed by atoms with Gasteiger partial charge in [-0.25, -0.2) is 0 Å². The van der Waals surface area contributed by atoms with Gasteiger partial charge in [-0.1, -0.05) is 30.3 Å². The fraction of sp³-hybridized carbons (Fsp3) is 0.333. The van der Waals surface area contributed by atoms with Crippen LogP contribution in [0.5, 0.6) is 0 Å². The van der Waals surface area contributed by atoms with Gasteiger partial charge in [-0.2, -0.15) is 0 Å². The van der Waals surface area contributed by atoms with Gasteiger partial charge in [0.2, 0.25) is 0 Å². The number of rotatable bonds is 5. The molecule has 0 aliphatic heterocycles. The first-order valence-corrected chi connectivity index (χ1v) is 6.37. The standard InChI is InChI=1S/C12H16ClNS/c1-10(13)8-14(2)9-11-4-6-12(15-3)7-5-11/h4-7H,1,8-9H2,2-3H3. The summed E-state index contributed by atoms with van der Waals surface area (Å²) in [7, 11) is 2.04. The zero-order valence-corrected chi connectivity index (χ0v) is 10.7. The highest BCUT2D eigenvalue weighted by Crippen LogP contribution is 2.15. The topological polar surface area (TPSA) is 3.24 Å². The highest BCUT2D eigenvalue weighted by atomic mass is 35.5. The third-order valence-electron chi connectivity index (χ3n) is 2.05. The van der Waals surface area contributed by atoms with Crippen LogP contribution in [0.3, 0.4) is 0 Å². The van der Waals surface area contributed by atoms with Crippen LogP contribution in [0.25, 0.3) is 0 Å². The lowest BCUT2D eigenvalue weighted by molar-refractivity contribution is 0.361. The highest BCUT2D eigenvalue weighted by molar-refractivity contribution is 7.98. The lowest BCUT2D eigenvalue weighted by Gasteiger charge is -2.15. The predicted molar refractivity (Wildman–Crippen MR) is 69.6 cm³/mol. The fourth-order valence-electron chi connectivity index (χ4n) is 1.39. The summed E-state index contributed by atoms with van der Waals surface area (Å²) in [4.78, 5) is 3.44. The molecule has 1 rings (SSSR count). The third-order valence-corrected chi connectivity index (χ3v) is 2.92. The molecule has 1 nitrogen and oxygen atoms in total. The molecule has 0 aliphatic rings. The maximum Gasteiger partial charge on any atom is 0.0336 e. The van der Waals surface area contributed by atoms with Crippen LogP contribution in [0.2, 0.25) is 0 Å². The van der Waals surface area contributed by atoms with Gasteiger partial charge in [0.15, 0.2) is 0 Å². The van der Waals surface area contributed by atoms with E-state index in [9.17, 15) is 0 Å². The van der Waals surface area contributed by atoms with Crippen LogP contribution < -0.4 is 0 Å². The maximum absolute atomic E-state index is 5.75. The molecular weight excluding hydrogens is 226 g/mol. The van der Waals surface area contributed by atoms with E-state index in [1.807, 2.05) is 7.05 Å². The second-order valence-electron chi connectivity index (χ2n) is 3.54. The Bertz CT molecular complexity index is 321. The van der Waals surface area contributed by atoms with Gasteiger partial charge in [-0.3, -0.25) is 4.90 Å². The SMILES string of the molecule is C=C(Cl)CN(C)Cc1ccc(SC)cc1. The molecule has 0 N–H and O–H groups in total. The first-order chi connectivity index (χ1) is 7.11. The van der Waals surface area contributed by atoms with Crippen LogP contribution >= 0.6 is 23.4 Å². The smallest absolute Gasteiger partial charge is 0.0336 e. The van der Waals surface area contributed by atoms with E-state index in [1.54, 1.807) is 11.8 Å². The summed E-state index contributed by atoms with van der Waals surface area (Å²) in [6.45, 7) is 5.32. The lowest BCUT2D eigenvalue weighted by atomic mass is 10.2. The van der Waals surface area contributed by atoms with Crippen molar-refractivity contribution >= 4 is 23.4 Å². The van der Waals surface area contributed by atoms with Gasteiger partial charge in [0.1, 0.15) is 0 Å². The third kappa shape index (κ3) is 4.74. The number of hydrogen-bond donors (Lipinski definition) is 0. The van der Waals surface area contributed by atoms with Crippen molar-refractivity contribution < 1.29 is 0 Å². The van der Waals surface area contributed by atoms with E-state index in [1.165, 1.54) is 10.5 Å². The van der Waals surface area contributed by atoms with E-state index in [2.05, 4.69) is 42.0 Å². The van der Waals surface area contributed by atoms with Crippen molar-refractivity contribution in [3.8, 4) is 0 Å². The Balaban J connectivity index is 2.53. The van der Waals surface area contributed by atoms with Gasteiger partial charge in [0, 0.05) is 23.0 Å². The quantitative estimate of drug-likeness (QED) is 0.725. The molecule has 1 aromatic rings. The highest BCUT2D eigenvalue weighted by Gasteiger charge is 2.01. The molecule has 0 aliphatic carbocycles. The van der Waals surface area contributed by atoms with Crippen molar-refractivity contribution in [2.75, 3.05) is 19.8 Å². The molecule has 0 unspecified atom stereocenters. The molecule has 0 aromatic heterocycles. The number of halogens is 1. The van der Waals surface area contributed by atoms with Crippen molar-refractivity contribution in [3.05, 3.63) is 41.4 Å². The molecule has 1 aromatic carbocycles. The molecule has 0 heterocycles. The predicted octanol–water partition coefficient (Wildman–Crippen LogP) is 3.59. The summed E-state index contributed by atoms with van der Waals surface area (Å²) in [6, 6.07) is 8.59. The van der Waals surface area contributed by atoms with E-state index in [0.717, 1.165) is 13.1 Å². The molecule has 0 amide bonds. The first-order valence-electron chi connectivity index (χ1n) is 4.76. The minimum Gasteiger partial charge on any atom is -0.297 e. The van der Waals surface area contributed by atoms with Crippen molar-refractivity contribution in [3.63, 3.8) is 0 Å². The van der Waals surface area contributed by atoms with Crippen LogP contribution in [0, 0.1) is 0 Å². The van der Waals surface area contributed by atoms with Gasteiger partial charge in [-0.15, -0.1) is 11.8 Å². The van der Waals surface area contributed by atoms with Crippen molar-refractivity contribution in [2.24, 2.45) is 0 Å². The average molecular weight is 242 g/mol. The van der Waals surface area contributed by atoms with E-state index in [-0.39, 0.29) is 0 Å². The molecule has 0 spiro atoms. The lowest BCUT2D eigenvalue weighted by Crippen LogP contribution is -2.18. The van der Waals surface area contributed by atoms with Crippen LogP contribution in [0.1, 0.15) is 5.56 Å². The zero-order chi connectivity index (χ0) is 11.3. The van der Waals surface area contributed by atoms with Crippen molar-refractivity contribution in [2.45, 2.75) is 11.4 Å². The molecule has 0 radical (unpaired) electrons. The molecular formula is C12H16ClNS. The number of nitrogens with zero attached hydrogens (tertiary/aromatic N) is 1. The van der Waals surface area contributed by atoms with Crippen LogP contribution in [0.15, 0.2) is 40.8 Å². The van der Waals surface area contributed by atoms with Gasteiger partial charge < -0.3 is 0 Å². The second-order valence-corrected chi connectivity index (χ2v) is 4.95. The Labute approximate surface area is 101 Å². The minimum absolute atomic E-state index is 0.679. The van der Waals surface area contributed by atoms with Crippen LogP contribution in [0.4, 0.5) is 0 Å². The Morgan fingerprint density at radius 1 is 1.40 bits per heavy atom. The number of thioether (sulfide) groups is 1. The van der Waals surface area contributed by atoms with E-state index >= 15 is 0 Å². The molecule has 0 fully saturated rings. The summed E-state index contributed by atoms with van der Waals surface area (Å²) in [5, 5.41) is 0.679. The minimum atomic E-state index is 0.679. The molecule has 0 bridgehead atoms. The zero-order valence-electron chi connectivity index (χ0n) is 9.16. The number of benzene rings is 1.